The van der Waals surface area contributed by atoms with Crippen molar-refractivity contribution in [2.75, 3.05) is 20.3 Å². The minimum Gasteiger partial charge on any atom is -0.494 e. The highest BCUT2D eigenvalue weighted by atomic mass is 16.5. The van der Waals surface area contributed by atoms with Gasteiger partial charge in [-0.3, -0.25) is 9.78 Å². The zero-order valence-electron chi connectivity index (χ0n) is 15.5. The highest BCUT2D eigenvalue weighted by molar-refractivity contribution is 5.97. The maximum atomic E-state index is 12.4. The zero-order valence-corrected chi connectivity index (χ0v) is 15.5. The summed E-state index contributed by atoms with van der Waals surface area (Å²) >= 11 is 0. The van der Waals surface area contributed by atoms with Crippen LogP contribution in [-0.2, 0) is 11.3 Å². The van der Waals surface area contributed by atoms with Crippen LogP contribution in [0, 0.1) is 0 Å². The molecule has 0 unspecified atom stereocenters. The predicted octanol–water partition coefficient (Wildman–Crippen LogP) is 3.97. The molecule has 1 heterocycles. The molecule has 3 aromatic rings. The molecule has 0 aliphatic heterocycles. The lowest BCUT2D eigenvalue weighted by Crippen LogP contribution is -2.22. The summed E-state index contributed by atoms with van der Waals surface area (Å²) in [4.78, 5) is 16.7. The number of fused-ring (bicyclic) bond motifs is 1. The molecule has 0 radical (unpaired) electrons. The van der Waals surface area contributed by atoms with Crippen LogP contribution in [-0.4, -0.2) is 31.2 Å². The molecular formula is C22H24N2O3. The third-order valence-electron chi connectivity index (χ3n) is 4.23. The standard InChI is InChI=1S/C22H24N2O3/c1-26-12-2-3-13-27-20-8-4-6-17(14-20)16-24-22(25)19-9-10-21-18(15-19)7-5-11-23-21/h4-11,14-15H,2-3,12-13,16H2,1H3,(H,24,25). The van der Waals surface area contributed by atoms with E-state index in [1.54, 1.807) is 19.4 Å². The summed E-state index contributed by atoms with van der Waals surface area (Å²) in [6.07, 6.45) is 3.67. The van der Waals surface area contributed by atoms with Gasteiger partial charge in [0.2, 0.25) is 0 Å². The molecule has 2 aromatic carbocycles. The highest BCUT2D eigenvalue weighted by Gasteiger charge is 2.07. The maximum absolute atomic E-state index is 12.4. The molecule has 0 aliphatic carbocycles. The maximum Gasteiger partial charge on any atom is 0.251 e. The number of aromatic nitrogens is 1. The van der Waals surface area contributed by atoms with Gasteiger partial charge in [0.25, 0.3) is 5.91 Å². The quantitative estimate of drug-likeness (QED) is 0.584. The van der Waals surface area contributed by atoms with Crippen molar-refractivity contribution < 1.29 is 14.3 Å². The third kappa shape index (κ3) is 5.53. The second kappa shape index (κ2) is 9.69. The highest BCUT2D eigenvalue weighted by Crippen LogP contribution is 2.15. The van der Waals surface area contributed by atoms with Crippen LogP contribution < -0.4 is 10.1 Å². The topological polar surface area (TPSA) is 60.5 Å². The SMILES string of the molecule is COCCCCOc1cccc(CNC(=O)c2ccc3ncccc3c2)c1. The zero-order chi connectivity index (χ0) is 18.9. The Morgan fingerprint density at radius 2 is 1.93 bits per heavy atom. The molecule has 0 spiro atoms. The molecule has 0 aliphatic rings. The lowest BCUT2D eigenvalue weighted by molar-refractivity contribution is 0.0951. The Kier molecular flexibility index (Phi) is 6.77. The number of nitrogens with zero attached hydrogens (tertiary/aromatic N) is 1. The Morgan fingerprint density at radius 1 is 1.04 bits per heavy atom. The van der Waals surface area contributed by atoms with Crippen LogP contribution >= 0.6 is 0 Å². The number of amides is 1. The number of carbonyl (C=O) groups excluding carboxylic acids is 1. The Labute approximate surface area is 159 Å². The largest absolute Gasteiger partial charge is 0.494 e. The number of benzene rings is 2. The van der Waals surface area contributed by atoms with Crippen molar-refractivity contribution in [1.82, 2.24) is 10.3 Å². The summed E-state index contributed by atoms with van der Waals surface area (Å²) in [5.41, 5.74) is 2.51. The molecule has 0 bridgehead atoms. The van der Waals surface area contributed by atoms with E-state index in [1.807, 2.05) is 48.5 Å². The second-order valence-corrected chi connectivity index (χ2v) is 6.29. The van der Waals surface area contributed by atoms with E-state index in [0.717, 1.165) is 41.7 Å². The van der Waals surface area contributed by atoms with Crippen molar-refractivity contribution in [3.8, 4) is 5.75 Å². The average Bonchev–Trinajstić information content (AvgIpc) is 2.72. The molecule has 140 valence electrons. The van der Waals surface area contributed by atoms with Crippen LogP contribution in [0.2, 0.25) is 0 Å². The number of hydrogen-bond acceptors (Lipinski definition) is 4. The molecule has 0 atom stereocenters. The van der Waals surface area contributed by atoms with Gasteiger partial charge < -0.3 is 14.8 Å². The van der Waals surface area contributed by atoms with Crippen LogP contribution in [0.15, 0.2) is 60.8 Å². The Hall–Kier alpha value is -2.92. The predicted molar refractivity (Wildman–Crippen MR) is 106 cm³/mol. The van der Waals surface area contributed by atoms with Gasteiger partial charge >= 0.3 is 0 Å². The summed E-state index contributed by atoms with van der Waals surface area (Å²) < 4.78 is 10.8. The number of hydrogen-bond donors (Lipinski definition) is 1. The molecule has 0 saturated heterocycles. The van der Waals surface area contributed by atoms with Crippen molar-refractivity contribution in [3.05, 3.63) is 71.9 Å². The Balaban J connectivity index is 1.54. The summed E-state index contributed by atoms with van der Waals surface area (Å²) in [6, 6.07) is 17.1. The van der Waals surface area contributed by atoms with Crippen LogP contribution in [0.1, 0.15) is 28.8 Å². The molecule has 1 aromatic heterocycles. The fourth-order valence-corrected chi connectivity index (χ4v) is 2.78. The number of ether oxygens (including phenoxy) is 2. The van der Waals surface area contributed by atoms with E-state index in [4.69, 9.17) is 9.47 Å². The third-order valence-corrected chi connectivity index (χ3v) is 4.23. The van der Waals surface area contributed by atoms with Crippen LogP contribution in [0.5, 0.6) is 5.75 Å². The van der Waals surface area contributed by atoms with Crippen LogP contribution in [0.4, 0.5) is 0 Å². The number of carbonyl (C=O) groups is 1. The first-order valence-electron chi connectivity index (χ1n) is 9.10. The number of rotatable bonds is 9. The number of unbranched alkanes of at least 4 members (excludes halogenated alkanes) is 1. The summed E-state index contributed by atoms with van der Waals surface area (Å²) in [5, 5.41) is 3.91. The first-order valence-corrected chi connectivity index (χ1v) is 9.10. The summed E-state index contributed by atoms with van der Waals surface area (Å²) in [7, 11) is 1.70. The minimum atomic E-state index is -0.105. The summed E-state index contributed by atoms with van der Waals surface area (Å²) in [6.45, 7) is 1.86. The van der Waals surface area contributed by atoms with Gasteiger partial charge in [-0.25, -0.2) is 0 Å². The monoisotopic (exact) mass is 364 g/mol. The molecule has 1 amide bonds. The molecule has 0 fully saturated rings. The van der Waals surface area contributed by atoms with E-state index in [2.05, 4.69) is 10.3 Å². The van der Waals surface area contributed by atoms with Crippen molar-refractivity contribution in [2.24, 2.45) is 0 Å². The van der Waals surface area contributed by atoms with Gasteiger partial charge in [0.15, 0.2) is 0 Å². The van der Waals surface area contributed by atoms with E-state index >= 15 is 0 Å². The van der Waals surface area contributed by atoms with E-state index in [0.29, 0.717) is 18.7 Å². The Morgan fingerprint density at radius 3 is 2.81 bits per heavy atom. The van der Waals surface area contributed by atoms with Crippen LogP contribution in [0.25, 0.3) is 10.9 Å². The van der Waals surface area contributed by atoms with Crippen molar-refractivity contribution in [1.29, 1.82) is 0 Å². The first kappa shape index (κ1) is 18.9. The fraction of sp³-hybridized carbons (Fsp3) is 0.273. The number of pyridine rings is 1. The fourth-order valence-electron chi connectivity index (χ4n) is 2.78. The van der Waals surface area contributed by atoms with Gasteiger partial charge in [-0.15, -0.1) is 0 Å². The molecule has 27 heavy (non-hydrogen) atoms. The van der Waals surface area contributed by atoms with E-state index in [9.17, 15) is 4.79 Å². The lowest BCUT2D eigenvalue weighted by Gasteiger charge is -2.09. The van der Waals surface area contributed by atoms with Gasteiger partial charge in [-0.2, -0.15) is 0 Å². The average molecular weight is 364 g/mol. The molecule has 3 rings (SSSR count). The van der Waals surface area contributed by atoms with Gasteiger partial charge in [0.1, 0.15) is 5.75 Å². The van der Waals surface area contributed by atoms with Crippen molar-refractivity contribution in [3.63, 3.8) is 0 Å². The van der Waals surface area contributed by atoms with E-state index < -0.39 is 0 Å². The number of methoxy groups -OCH3 is 1. The molecule has 0 saturated carbocycles. The smallest absolute Gasteiger partial charge is 0.251 e. The lowest BCUT2D eigenvalue weighted by atomic mass is 10.1. The Bertz CT molecular complexity index is 895. The van der Waals surface area contributed by atoms with Crippen molar-refractivity contribution >= 4 is 16.8 Å². The van der Waals surface area contributed by atoms with Gasteiger partial charge in [-0.05, 0) is 54.8 Å². The van der Waals surface area contributed by atoms with Crippen LogP contribution in [0.3, 0.4) is 0 Å². The van der Waals surface area contributed by atoms with E-state index in [1.165, 1.54) is 0 Å². The molecule has 1 N–H and O–H groups in total. The van der Waals surface area contributed by atoms with Gasteiger partial charge in [-0.1, -0.05) is 18.2 Å². The normalized spacial score (nSPS) is 10.7. The van der Waals surface area contributed by atoms with Gasteiger partial charge in [0.05, 0.1) is 12.1 Å². The van der Waals surface area contributed by atoms with E-state index in [-0.39, 0.29) is 5.91 Å². The minimum absolute atomic E-state index is 0.105. The summed E-state index contributed by atoms with van der Waals surface area (Å²) in [5.74, 6) is 0.711. The second-order valence-electron chi connectivity index (χ2n) is 6.29. The molecular weight excluding hydrogens is 340 g/mol. The van der Waals surface area contributed by atoms with Crippen molar-refractivity contribution in [2.45, 2.75) is 19.4 Å². The first-order chi connectivity index (χ1) is 13.3. The molecule has 5 heteroatoms. The number of nitrogens with one attached hydrogen (secondary N) is 1. The molecule has 5 nitrogen and oxygen atoms in total. The van der Waals surface area contributed by atoms with Gasteiger partial charge in [0, 0.05) is 37.4 Å².